The van der Waals surface area contributed by atoms with Crippen LogP contribution >= 0.6 is 0 Å². The minimum Gasteiger partial charge on any atom is -0.364 e. The molecule has 0 saturated carbocycles. The fourth-order valence-electron chi connectivity index (χ4n) is 3.09. The van der Waals surface area contributed by atoms with E-state index in [1.165, 1.54) is 0 Å². The van der Waals surface area contributed by atoms with Gasteiger partial charge in [-0.1, -0.05) is 0 Å². The molecule has 20 heavy (non-hydrogen) atoms. The summed E-state index contributed by atoms with van der Waals surface area (Å²) in [6, 6.07) is 0.365. The lowest BCUT2D eigenvalue weighted by Crippen LogP contribution is -2.35. The number of aromatic nitrogens is 2. The van der Waals surface area contributed by atoms with Gasteiger partial charge in [0.2, 0.25) is 6.41 Å². The molecule has 2 fully saturated rings. The minimum atomic E-state index is -4.48. The number of halogens is 3. The van der Waals surface area contributed by atoms with E-state index in [0.29, 0.717) is 12.0 Å². The average molecular weight is 286 g/mol. The molecule has 0 unspecified atom stereocenters. The first kappa shape index (κ1) is 13.1. The zero-order valence-electron chi connectivity index (χ0n) is 10.5. The zero-order valence-corrected chi connectivity index (χ0v) is 10.5. The van der Waals surface area contributed by atoms with Gasteiger partial charge in [-0.25, -0.2) is 9.97 Å². The third kappa shape index (κ3) is 2.19. The summed E-state index contributed by atoms with van der Waals surface area (Å²) >= 11 is 0. The Hall–Kier alpha value is -1.86. The molecule has 1 aromatic rings. The molecule has 0 aromatic carbocycles. The molecule has 0 aliphatic carbocycles. The van der Waals surface area contributed by atoms with E-state index in [1.807, 2.05) is 0 Å². The van der Waals surface area contributed by atoms with E-state index >= 15 is 0 Å². The number of carbonyl (C=O) groups is 1. The monoisotopic (exact) mass is 286 g/mol. The van der Waals surface area contributed by atoms with E-state index in [-0.39, 0.29) is 18.1 Å². The van der Waals surface area contributed by atoms with Crippen molar-refractivity contribution in [3.8, 4) is 0 Å². The Labute approximate surface area is 113 Å². The second kappa shape index (κ2) is 4.60. The summed E-state index contributed by atoms with van der Waals surface area (Å²) in [5, 5.41) is 3.07. The summed E-state index contributed by atoms with van der Waals surface area (Å²) in [7, 11) is 0. The van der Waals surface area contributed by atoms with Gasteiger partial charge in [-0.15, -0.1) is 0 Å². The molecule has 3 heterocycles. The first-order valence-corrected chi connectivity index (χ1v) is 6.37. The zero-order chi connectivity index (χ0) is 14.3. The number of hydrogen-bond donors (Lipinski definition) is 1. The molecule has 0 radical (unpaired) electrons. The maximum atomic E-state index is 12.4. The van der Waals surface area contributed by atoms with Crippen molar-refractivity contribution in [2.45, 2.75) is 43.6 Å². The minimum absolute atomic E-state index is 0.0324. The summed E-state index contributed by atoms with van der Waals surface area (Å²) in [5.41, 5.74) is -1.01. The number of carbonyl (C=O) groups excluding carboxylic acids is 1. The average Bonchev–Trinajstić information content (AvgIpc) is 2.94. The van der Waals surface area contributed by atoms with Crippen molar-refractivity contribution in [1.82, 2.24) is 14.9 Å². The summed E-state index contributed by atoms with van der Waals surface area (Å²) in [4.78, 5) is 19.9. The molecule has 2 bridgehead atoms. The van der Waals surface area contributed by atoms with Gasteiger partial charge < -0.3 is 10.2 Å². The topological polar surface area (TPSA) is 58.1 Å². The van der Waals surface area contributed by atoms with Crippen LogP contribution in [0.4, 0.5) is 19.0 Å². The maximum absolute atomic E-state index is 12.4. The van der Waals surface area contributed by atoms with E-state index in [9.17, 15) is 18.0 Å². The molecule has 3 atom stereocenters. The van der Waals surface area contributed by atoms with Crippen molar-refractivity contribution in [3.05, 3.63) is 18.1 Å². The van der Waals surface area contributed by atoms with Gasteiger partial charge in [-0.05, 0) is 19.3 Å². The van der Waals surface area contributed by atoms with Crippen LogP contribution in [0.15, 0.2) is 12.4 Å². The van der Waals surface area contributed by atoms with E-state index in [4.69, 9.17) is 0 Å². The molecule has 1 aromatic heterocycles. The molecule has 2 aliphatic heterocycles. The fraction of sp³-hybridized carbons (Fsp3) is 0.583. The molecule has 5 nitrogen and oxygen atoms in total. The highest BCUT2D eigenvalue weighted by Crippen LogP contribution is 2.37. The van der Waals surface area contributed by atoms with E-state index < -0.39 is 11.9 Å². The molecule has 2 aliphatic rings. The van der Waals surface area contributed by atoms with Crippen molar-refractivity contribution >= 4 is 12.2 Å². The summed E-state index contributed by atoms with van der Waals surface area (Å²) < 4.78 is 37.1. The molecule has 2 saturated heterocycles. The van der Waals surface area contributed by atoms with Gasteiger partial charge in [0.05, 0.1) is 18.4 Å². The maximum Gasteiger partial charge on any atom is 0.434 e. The van der Waals surface area contributed by atoms with Crippen LogP contribution in [-0.4, -0.2) is 39.4 Å². The van der Waals surface area contributed by atoms with Crippen LogP contribution in [0.25, 0.3) is 0 Å². The number of nitrogens with zero attached hydrogens (tertiary/aromatic N) is 3. The number of rotatable bonds is 3. The van der Waals surface area contributed by atoms with Crippen molar-refractivity contribution < 1.29 is 18.0 Å². The second-order valence-electron chi connectivity index (χ2n) is 5.12. The van der Waals surface area contributed by atoms with Crippen molar-refractivity contribution in [1.29, 1.82) is 0 Å². The highest BCUT2D eigenvalue weighted by atomic mass is 19.4. The van der Waals surface area contributed by atoms with Crippen molar-refractivity contribution in [2.75, 3.05) is 5.32 Å². The van der Waals surface area contributed by atoms with Gasteiger partial charge in [0, 0.05) is 12.1 Å². The summed E-state index contributed by atoms with van der Waals surface area (Å²) in [6.07, 6.45) is 0.864. The first-order valence-electron chi connectivity index (χ1n) is 6.37. The smallest absolute Gasteiger partial charge is 0.364 e. The normalized spacial score (nSPS) is 28.8. The van der Waals surface area contributed by atoms with Crippen molar-refractivity contribution in [3.63, 3.8) is 0 Å². The Morgan fingerprint density at radius 3 is 2.65 bits per heavy atom. The van der Waals surface area contributed by atoms with Crippen molar-refractivity contribution in [2.24, 2.45) is 0 Å². The fourth-order valence-corrected chi connectivity index (χ4v) is 3.09. The highest BCUT2D eigenvalue weighted by Gasteiger charge is 2.45. The van der Waals surface area contributed by atoms with Gasteiger partial charge >= 0.3 is 6.18 Å². The Kier molecular flexibility index (Phi) is 3.02. The van der Waals surface area contributed by atoms with Gasteiger partial charge in [-0.3, -0.25) is 4.79 Å². The van der Waals surface area contributed by atoms with E-state index in [0.717, 1.165) is 31.9 Å². The lowest BCUT2D eigenvalue weighted by molar-refractivity contribution is -0.141. The molecule has 1 amide bonds. The molecule has 108 valence electrons. The van der Waals surface area contributed by atoms with E-state index in [1.54, 1.807) is 4.90 Å². The third-order valence-corrected chi connectivity index (χ3v) is 3.99. The summed E-state index contributed by atoms with van der Waals surface area (Å²) in [5.74, 6) is 0.307. The molecule has 8 heteroatoms. The van der Waals surface area contributed by atoms with Crippen LogP contribution in [0.5, 0.6) is 0 Å². The van der Waals surface area contributed by atoms with Gasteiger partial charge in [0.25, 0.3) is 0 Å². The van der Waals surface area contributed by atoms with Gasteiger partial charge in [0.15, 0.2) is 5.69 Å². The SMILES string of the molecule is O=CN1[C@@H]2CC[C@H]1[C@H](Nc1cnc(C(F)(F)F)cn1)C2. The van der Waals surface area contributed by atoms with Crippen LogP contribution in [0, 0.1) is 0 Å². The van der Waals surface area contributed by atoms with Crippen LogP contribution in [-0.2, 0) is 11.0 Å². The number of fused-ring (bicyclic) bond motifs is 2. The van der Waals surface area contributed by atoms with Crippen LogP contribution in [0.1, 0.15) is 25.0 Å². The Balaban J connectivity index is 1.69. The number of alkyl halides is 3. The largest absolute Gasteiger partial charge is 0.434 e. The second-order valence-corrected chi connectivity index (χ2v) is 5.12. The number of anilines is 1. The van der Waals surface area contributed by atoms with Crippen LogP contribution < -0.4 is 5.32 Å². The Morgan fingerprint density at radius 1 is 1.30 bits per heavy atom. The molecular weight excluding hydrogens is 273 g/mol. The predicted octanol–water partition coefficient (Wildman–Crippen LogP) is 1.67. The van der Waals surface area contributed by atoms with Gasteiger partial charge in [-0.2, -0.15) is 13.2 Å². The van der Waals surface area contributed by atoms with Crippen LogP contribution in [0.3, 0.4) is 0 Å². The van der Waals surface area contributed by atoms with E-state index in [2.05, 4.69) is 15.3 Å². The van der Waals surface area contributed by atoms with Crippen LogP contribution in [0.2, 0.25) is 0 Å². The number of hydrogen-bond acceptors (Lipinski definition) is 4. The Bertz CT molecular complexity index is 504. The lowest BCUT2D eigenvalue weighted by Gasteiger charge is -2.22. The first-order chi connectivity index (χ1) is 9.49. The quantitative estimate of drug-likeness (QED) is 0.859. The molecule has 0 spiro atoms. The number of nitrogens with one attached hydrogen (secondary N) is 1. The number of amides is 1. The Morgan fingerprint density at radius 2 is 2.10 bits per heavy atom. The molecular formula is C12H13F3N4O. The summed E-state index contributed by atoms with van der Waals surface area (Å²) in [6.45, 7) is 0. The van der Waals surface area contributed by atoms with Gasteiger partial charge in [0.1, 0.15) is 5.82 Å². The highest BCUT2D eigenvalue weighted by molar-refractivity contribution is 5.52. The third-order valence-electron chi connectivity index (χ3n) is 3.99. The standard InChI is InChI=1S/C12H13F3N4O/c13-12(14,15)10-4-17-11(5-16-10)18-8-3-7-1-2-9(8)19(7)6-20/h4-9H,1-3H2,(H,17,18)/t7-,8-,9+/m1/s1. The predicted molar refractivity (Wildman–Crippen MR) is 63.8 cm³/mol. The molecule has 1 N–H and O–H groups in total. The lowest BCUT2D eigenvalue weighted by atomic mass is 9.95. The molecule has 3 rings (SSSR count).